The van der Waals surface area contributed by atoms with Crippen LogP contribution in [0.2, 0.25) is 5.02 Å². The van der Waals surface area contributed by atoms with E-state index in [9.17, 15) is 24.2 Å². The van der Waals surface area contributed by atoms with Crippen LogP contribution in [0.25, 0.3) is 0 Å². The van der Waals surface area contributed by atoms with Gasteiger partial charge in [0.05, 0.1) is 16.1 Å². The maximum atomic E-state index is 14.2. The standard InChI is InChI=1S/C23H27ClFN3O5/c1-3-27-12-23(7-13(8-23)11-33-2)28-10-15(19(29)20(30)18(28)22(27)32)21(31)26-9-14-5-4-6-16(24)17(14)25/h4-6,10,13,19,29-30H,3,7-9,11-12H2,1-2H3,(H,26,31). The third-order valence-electron chi connectivity index (χ3n) is 6.65. The van der Waals surface area contributed by atoms with Gasteiger partial charge in [-0.3, -0.25) is 9.59 Å². The van der Waals surface area contributed by atoms with E-state index in [-0.39, 0.29) is 34.3 Å². The quantitative estimate of drug-likeness (QED) is 0.577. The lowest BCUT2D eigenvalue weighted by atomic mass is 9.65. The number of amides is 2. The number of nitrogens with zero attached hydrogens (tertiary/aromatic N) is 2. The van der Waals surface area contributed by atoms with Gasteiger partial charge in [-0.2, -0.15) is 0 Å². The van der Waals surface area contributed by atoms with Crippen molar-refractivity contribution in [1.82, 2.24) is 15.1 Å². The first-order valence-electron chi connectivity index (χ1n) is 10.8. The number of carbonyl (C=O) groups is 2. The number of fused-ring (bicyclic) bond motifs is 2. The molecule has 33 heavy (non-hydrogen) atoms. The van der Waals surface area contributed by atoms with Gasteiger partial charge in [0.2, 0.25) is 0 Å². The number of aliphatic hydroxyl groups excluding tert-OH is 2. The van der Waals surface area contributed by atoms with Crippen LogP contribution in [-0.2, 0) is 20.9 Å². The van der Waals surface area contributed by atoms with Gasteiger partial charge in [-0.15, -0.1) is 0 Å². The van der Waals surface area contributed by atoms with Crippen molar-refractivity contribution in [2.45, 2.75) is 38.0 Å². The number of halogens is 2. The number of likely N-dealkylation sites (N-methyl/N-ethyl adjacent to an activating group) is 1. The minimum absolute atomic E-state index is 0.0103. The van der Waals surface area contributed by atoms with E-state index in [1.807, 2.05) is 6.92 Å². The molecular weight excluding hydrogens is 453 g/mol. The highest BCUT2D eigenvalue weighted by molar-refractivity contribution is 6.30. The summed E-state index contributed by atoms with van der Waals surface area (Å²) >= 11 is 5.79. The van der Waals surface area contributed by atoms with E-state index in [2.05, 4.69) is 5.32 Å². The van der Waals surface area contributed by atoms with E-state index in [1.54, 1.807) is 23.0 Å². The normalized spacial score (nSPS) is 26.8. The Kier molecular flexibility index (Phi) is 6.39. The van der Waals surface area contributed by atoms with E-state index >= 15 is 0 Å². The summed E-state index contributed by atoms with van der Waals surface area (Å²) in [5.74, 6) is -1.99. The van der Waals surface area contributed by atoms with Crippen molar-refractivity contribution in [3.8, 4) is 0 Å². The molecule has 3 N–H and O–H groups in total. The van der Waals surface area contributed by atoms with E-state index in [0.717, 1.165) is 0 Å². The van der Waals surface area contributed by atoms with Gasteiger partial charge in [0.15, 0.2) is 5.76 Å². The summed E-state index contributed by atoms with van der Waals surface area (Å²) in [5.41, 5.74) is -0.442. The Morgan fingerprint density at radius 1 is 1.39 bits per heavy atom. The topological polar surface area (TPSA) is 102 Å². The van der Waals surface area contributed by atoms with Crippen LogP contribution in [0.15, 0.2) is 41.4 Å². The first-order chi connectivity index (χ1) is 15.7. The maximum Gasteiger partial charge on any atom is 0.274 e. The van der Waals surface area contributed by atoms with Crippen molar-refractivity contribution in [1.29, 1.82) is 0 Å². The highest BCUT2D eigenvalue weighted by Crippen LogP contribution is 2.49. The van der Waals surface area contributed by atoms with E-state index in [1.165, 1.54) is 18.3 Å². The number of carbonyl (C=O) groups excluding carboxylic acids is 2. The summed E-state index contributed by atoms with van der Waals surface area (Å²) in [6, 6.07) is 4.46. The zero-order chi connectivity index (χ0) is 23.9. The molecule has 0 aromatic heterocycles. The molecule has 1 aromatic rings. The molecule has 2 aliphatic heterocycles. The van der Waals surface area contributed by atoms with Gasteiger partial charge < -0.3 is 30.1 Å². The van der Waals surface area contributed by atoms with Gasteiger partial charge in [0.1, 0.15) is 17.6 Å². The van der Waals surface area contributed by atoms with Crippen molar-refractivity contribution < 1.29 is 28.9 Å². The second-order valence-electron chi connectivity index (χ2n) is 8.76. The Balaban J connectivity index is 1.61. The van der Waals surface area contributed by atoms with Crippen molar-refractivity contribution in [3.63, 3.8) is 0 Å². The summed E-state index contributed by atoms with van der Waals surface area (Å²) in [7, 11) is 1.63. The number of nitrogens with one attached hydrogen (secondary N) is 1. The van der Waals surface area contributed by atoms with E-state index < -0.39 is 35.0 Å². The molecular formula is C23H27ClFN3O5. The smallest absolute Gasteiger partial charge is 0.274 e. The monoisotopic (exact) mass is 479 g/mol. The van der Waals surface area contributed by atoms with Crippen LogP contribution < -0.4 is 5.32 Å². The molecule has 2 fully saturated rings. The largest absolute Gasteiger partial charge is 0.507 e. The van der Waals surface area contributed by atoms with Crippen molar-refractivity contribution >= 4 is 23.4 Å². The number of benzene rings is 1. The molecule has 0 bridgehead atoms. The van der Waals surface area contributed by atoms with Crippen LogP contribution in [0, 0.1) is 11.7 Å². The number of hydrogen-bond donors (Lipinski definition) is 3. The van der Waals surface area contributed by atoms with Crippen LogP contribution in [0.4, 0.5) is 4.39 Å². The number of aliphatic hydroxyl groups is 2. The molecule has 2 heterocycles. The number of methoxy groups -OCH3 is 1. The van der Waals surface area contributed by atoms with Gasteiger partial charge in [-0.25, -0.2) is 4.39 Å². The lowest BCUT2D eigenvalue weighted by Crippen LogP contribution is -2.68. The summed E-state index contributed by atoms with van der Waals surface area (Å²) in [4.78, 5) is 29.2. The van der Waals surface area contributed by atoms with Gasteiger partial charge in [0.25, 0.3) is 11.8 Å². The molecule has 1 atom stereocenters. The third kappa shape index (κ3) is 3.98. The molecule has 1 unspecified atom stereocenters. The lowest BCUT2D eigenvalue weighted by Gasteiger charge is -2.59. The lowest BCUT2D eigenvalue weighted by molar-refractivity contribution is -0.143. The van der Waals surface area contributed by atoms with Crippen LogP contribution in [0.5, 0.6) is 0 Å². The van der Waals surface area contributed by atoms with Gasteiger partial charge >= 0.3 is 0 Å². The first-order valence-corrected chi connectivity index (χ1v) is 11.2. The fraction of sp³-hybridized carbons (Fsp3) is 0.478. The van der Waals surface area contributed by atoms with E-state index in [4.69, 9.17) is 16.3 Å². The average molecular weight is 480 g/mol. The van der Waals surface area contributed by atoms with Crippen LogP contribution >= 0.6 is 11.6 Å². The second-order valence-corrected chi connectivity index (χ2v) is 9.17. The molecule has 1 spiro atoms. The second kappa shape index (κ2) is 8.96. The van der Waals surface area contributed by atoms with Crippen molar-refractivity contribution in [2.24, 2.45) is 5.92 Å². The fourth-order valence-electron chi connectivity index (χ4n) is 5.01. The number of ether oxygens (including phenoxy) is 1. The molecule has 8 nitrogen and oxygen atoms in total. The average Bonchev–Trinajstić information content (AvgIpc) is 2.77. The molecule has 2 amide bonds. The molecule has 178 valence electrons. The molecule has 1 aromatic carbocycles. The fourth-order valence-corrected chi connectivity index (χ4v) is 5.20. The van der Waals surface area contributed by atoms with Gasteiger partial charge in [-0.1, -0.05) is 23.7 Å². The highest BCUT2D eigenvalue weighted by atomic mass is 35.5. The molecule has 3 aliphatic rings. The SMILES string of the molecule is CCN1CC2(CC(COC)C2)N2C=C(C(=O)NCc3cccc(Cl)c3F)C(O)C(O)=C2C1=O. The third-order valence-corrected chi connectivity index (χ3v) is 6.94. The minimum Gasteiger partial charge on any atom is -0.507 e. The predicted molar refractivity (Wildman–Crippen MR) is 118 cm³/mol. The Labute approximate surface area is 196 Å². The number of hydrogen-bond acceptors (Lipinski definition) is 6. The van der Waals surface area contributed by atoms with Crippen molar-refractivity contribution in [2.75, 3.05) is 26.8 Å². The van der Waals surface area contributed by atoms with Crippen LogP contribution in [0.3, 0.4) is 0 Å². The Morgan fingerprint density at radius 3 is 2.79 bits per heavy atom. The van der Waals surface area contributed by atoms with Gasteiger partial charge in [0, 0.05) is 45.1 Å². The predicted octanol–water partition coefficient (Wildman–Crippen LogP) is 2.08. The number of rotatable bonds is 6. The summed E-state index contributed by atoms with van der Waals surface area (Å²) < 4.78 is 19.4. The Morgan fingerprint density at radius 2 is 2.12 bits per heavy atom. The Hall–Kier alpha value is -2.62. The Bertz CT molecular complexity index is 1040. The highest BCUT2D eigenvalue weighted by Gasteiger charge is 2.56. The molecule has 10 heteroatoms. The summed E-state index contributed by atoms with van der Waals surface area (Å²) in [6.45, 7) is 3.17. The molecule has 1 saturated carbocycles. The zero-order valence-corrected chi connectivity index (χ0v) is 19.2. The maximum absolute atomic E-state index is 14.2. The zero-order valence-electron chi connectivity index (χ0n) is 18.5. The summed E-state index contributed by atoms with van der Waals surface area (Å²) in [5, 5.41) is 24.0. The molecule has 0 radical (unpaired) electrons. The summed E-state index contributed by atoms with van der Waals surface area (Å²) in [6.07, 6.45) is 1.18. The van der Waals surface area contributed by atoms with E-state index in [0.29, 0.717) is 32.5 Å². The van der Waals surface area contributed by atoms with Gasteiger partial charge in [-0.05, 0) is 31.7 Å². The number of piperazine rings is 1. The first kappa shape index (κ1) is 23.5. The van der Waals surface area contributed by atoms with Crippen LogP contribution in [0.1, 0.15) is 25.3 Å². The molecule has 1 saturated heterocycles. The minimum atomic E-state index is -1.67. The van der Waals surface area contributed by atoms with Crippen molar-refractivity contribution in [3.05, 3.63) is 57.8 Å². The van der Waals surface area contributed by atoms with Crippen LogP contribution in [-0.4, -0.2) is 70.3 Å². The molecule has 4 rings (SSSR count). The molecule has 1 aliphatic carbocycles.